The van der Waals surface area contributed by atoms with Crippen molar-refractivity contribution in [3.8, 4) is 0 Å². The number of hydrogen-bond donors (Lipinski definition) is 1. The van der Waals surface area contributed by atoms with Crippen LogP contribution in [0, 0.1) is 0 Å². The lowest BCUT2D eigenvalue weighted by atomic mass is 10.1. The molecule has 0 bridgehead atoms. The smallest absolute Gasteiger partial charge is 0.0673 e. The number of nitrogens with zero attached hydrogens (tertiary/aromatic N) is 1. The van der Waals surface area contributed by atoms with E-state index in [2.05, 4.69) is 23.2 Å². The summed E-state index contributed by atoms with van der Waals surface area (Å²) in [7, 11) is 1.76. The second kappa shape index (κ2) is 6.98. The van der Waals surface area contributed by atoms with Gasteiger partial charge in [-0.1, -0.05) is 13.0 Å². The van der Waals surface area contributed by atoms with Crippen LogP contribution in [-0.4, -0.2) is 51.3 Å². The summed E-state index contributed by atoms with van der Waals surface area (Å²) in [5, 5.41) is 3.34. The lowest BCUT2D eigenvalue weighted by molar-refractivity contribution is 0.211. The molecule has 0 radical (unpaired) electrons. The minimum absolute atomic E-state index is 0.807. The van der Waals surface area contributed by atoms with Crippen molar-refractivity contribution in [2.75, 3.05) is 46.4 Å². The second-order valence-corrected chi connectivity index (χ2v) is 3.70. The summed E-state index contributed by atoms with van der Waals surface area (Å²) in [4.78, 5) is 2.47. The fourth-order valence-electron chi connectivity index (χ4n) is 1.69. The van der Waals surface area contributed by atoms with Crippen LogP contribution < -0.4 is 5.32 Å². The maximum Gasteiger partial charge on any atom is 0.0673 e. The van der Waals surface area contributed by atoms with Crippen LogP contribution in [0.4, 0.5) is 0 Å². The Bertz CT molecular complexity index is 180. The predicted octanol–water partition coefficient (Wildman–Crippen LogP) is 0.874. The largest absolute Gasteiger partial charge is 0.380 e. The van der Waals surface area contributed by atoms with Crippen LogP contribution in [0.3, 0.4) is 0 Å². The van der Waals surface area contributed by atoms with E-state index < -0.39 is 0 Å². The van der Waals surface area contributed by atoms with Crippen molar-refractivity contribution in [1.82, 2.24) is 10.2 Å². The summed E-state index contributed by atoms with van der Waals surface area (Å²) in [6.07, 6.45) is 3.47. The van der Waals surface area contributed by atoms with E-state index in [0.29, 0.717) is 0 Å². The number of likely N-dealkylation sites (N-methyl/N-ethyl adjacent to an activating group) is 1. The van der Waals surface area contributed by atoms with Crippen molar-refractivity contribution >= 4 is 0 Å². The van der Waals surface area contributed by atoms with Crippen molar-refractivity contribution in [3.05, 3.63) is 11.6 Å². The Morgan fingerprint density at radius 2 is 2.43 bits per heavy atom. The molecule has 1 aliphatic heterocycles. The molecule has 82 valence electrons. The molecule has 0 aliphatic carbocycles. The normalized spacial score (nSPS) is 18.3. The first kappa shape index (κ1) is 11.7. The molecule has 0 spiro atoms. The van der Waals surface area contributed by atoms with Gasteiger partial charge in [0.2, 0.25) is 0 Å². The van der Waals surface area contributed by atoms with E-state index in [1.165, 1.54) is 18.5 Å². The Hall–Kier alpha value is -0.380. The molecule has 1 N–H and O–H groups in total. The third-order valence-corrected chi connectivity index (χ3v) is 2.57. The Morgan fingerprint density at radius 1 is 1.57 bits per heavy atom. The molecule has 0 amide bonds. The van der Waals surface area contributed by atoms with Gasteiger partial charge in [0.15, 0.2) is 0 Å². The summed E-state index contributed by atoms with van der Waals surface area (Å²) >= 11 is 0. The summed E-state index contributed by atoms with van der Waals surface area (Å²) in [5.74, 6) is 0. The van der Waals surface area contributed by atoms with Crippen LogP contribution >= 0.6 is 0 Å². The number of rotatable bonds is 6. The highest BCUT2D eigenvalue weighted by molar-refractivity contribution is 5.07. The van der Waals surface area contributed by atoms with E-state index in [4.69, 9.17) is 4.74 Å². The molecule has 0 unspecified atom stereocenters. The topological polar surface area (TPSA) is 24.5 Å². The number of hydrogen-bond acceptors (Lipinski definition) is 3. The number of methoxy groups -OCH3 is 1. The molecule has 14 heavy (non-hydrogen) atoms. The van der Waals surface area contributed by atoms with E-state index in [0.717, 1.165) is 32.8 Å². The zero-order valence-electron chi connectivity index (χ0n) is 9.38. The molecule has 0 aromatic rings. The van der Waals surface area contributed by atoms with E-state index in [1.54, 1.807) is 7.11 Å². The number of nitrogens with one attached hydrogen (secondary N) is 1. The van der Waals surface area contributed by atoms with E-state index >= 15 is 0 Å². The Morgan fingerprint density at radius 3 is 3.00 bits per heavy atom. The van der Waals surface area contributed by atoms with Crippen molar-refractivity contribution in [2.45, 2.75) is 13.3 Å². The van der Waals surface area contributed by atoms with Crippen molar-refractivity contribution in [1.29, 1.82) is 0 Å². The monoisotopic (exact) mass is 198 g/mol. The molecule has 1 rings (SSSR count). The molecule has 3 nitrogen and oxygen atoms in total. The number of ether oxygens (including phenoxy) is 1. The van der Waals surface area contributed by atoms with Gasteiger partial charge < -0.3 is 10.1 Å². The van der Waals surface area contributed by atoms with Gasteiger partial charge in [0.1, 0.15) is 0 Å². The average molecular weight is 198 g/mol. The lowest BCUT2D eigenvalue weighted by Gasteiger charge is -2.26. The first-order chi connectivity index (χ1) is 6.86. The lowest BCUT2D eigenvalue weighted by Crippen LogP contribution is -2.35. The molecule has 0 aromatic heterocycles. The zero-order valence-corrected chi connectivity index (χ0v) is 9.38. The highest BCUT2D eigenvalue weighted by Gasteiger charge is 2.10. The molecule has 0 saturated carbocycles. The van der Waals surface area contributed by atoms with Gasteiger partial charge >= 0.3 is 0 Å². The van der Waals surface area contributed by atoms with Crippen LogP contribution in [0.5, 0.6) is 0 Å². The molecule has 0 aromatic carbocycles. The van der Waals surface area contributed by atoms with Crippen molar-refractivity contribution in [3.63, 3.8) is 0 Å². The fraction of sp³-hybridized carbons (Fsp3) is 0.818. The van der Waals surface area contributed by atoms with Crippen LogP contribution in [0.2, 0.25) is 0 Å². The van der Waals surface area contributed by atoms with Crippen LogP contribution in [0.25, 0.3) is 0 Å². The third-order valence-electron chi connectivity index (χ3n) is 2.57. The predicted molar refractivity (Wildman–Crippen MR) is 59.6 cm³/mol. The van der Waals surface area contributed by atoms with Gasteiger partial charge in [-0.2, -0.15) is 0 Å². The molecule has 1 aliphatic rings. The summed E-state index contributed by atoms with van der Waals surface area (Å²) < 4.78 is 5.12. The van der Waals surface area contributed by atoms with Gasteiger partial charge in [0.25, 0.3) is 0 Å². The quantitative estimate of drug-likeness (QED) is 0.506. The summed E-state index contributed by atoms with van der Waals surface area (Å²) in [5.41, 5.74) is 1.45. The molecule has 0 atom stereocenters. The van der Waals surface area contributed by atoms with Gasteiger partial charge in [-0.3, -0.25) is 4.90 Å². The van der Waals surface area contributed by atoms with Gasteiger partial charge in [-0.15, -0.1) is 0 Å². The zero-order chi connectivity index (χ0) is 10.2. The van der Waals surface area contributed by atoms with Gasteiger partial charge in [0, 0.05) is 33.3 Å². The fourth-order valence-corrected chi connectivity index (χ4v) is 1.69. The third kappa shape index (κ3) is 4.22. The summed E-state index contributed by atoms with van der Waals surface area (Å²) in [6, 6.07) is 0. The minimum atomic E-state index is 0.807. The van der Waals surface area contributed by atoms with Gasteiger partial charge in [-0.25, -0.2) is 0 Å². The highest BCUT2D eigenvalue weighted by Crippen LogP contribution is 2.09. The maximum absolute atomic E-state index is 5.12. The minimum Gasteiger partial charge on any atom is -0.380 e. The summed E-state index contributed by atoms with van der Waals surface area (Å²) in [6.45, 7) is 8.55. The van der Waals surface area contributed by atoms with E-state index in [-0.39, 0.29) is 0 Å². The van der Waals surface area contributed by atoms with Gasteiger partial charge in [-0.05, 0) is 18.5 Å². The average Bonchev–Trinajstić information content (AvgIpc) is 2.21. The van der Waals surface area contributed by atoms with Crippen molar-refractivity contribution < 1.29 is 4.74 Å². The molecule has 0 saturated heterocycles. The first-order valence-corrected chi connectivity index (χ1v) is 5.46. The molecular weight excluding hydrogens is 176 g/mol. The van der Waals surface area contributed by atoms with Crippen LogP contribution in [0.1, 0.15) is 13.3 Å². The Kier molecular flexibility index (Phi) is 5.83. The van der Waals surface area contributed by atoms with E-state index in [9.17, 15) is 0 Å². The van der Waals surface area contributed by atoms with Gasteiger partial charge in [0.05, 0.1) is 6.61 Å². The van der Waals surface area contributed by atoms with Crippen LogP contribution in [0.15, 0.2) is 11.6 Å². The van der Waals surface area contributed by atoms with E-state index in [1.807, 2.05) is 0 Å². The molecule has 3 heteroatoms. The molecule has 0 fully saturated rings. The molecular formula is C11H22N2O. The molecule has 1 heterocycles. The maximum atomic E-state index is 5.12. The first-order valence-electron chi connectivity index (χ1n) is 5.46. The second-order valence-electron chi connectivity index (χ2n) is 3.70. The standard InChI is InChI=1S/C11H22N2O/c1-3-12-6-9-13-7-4-11(5-8-13)10-14-2/h4,12H,3,5-10H2,1-2H3. The SMILES string of the molecule is CCNCCN1CC=C(COC)CC1. The Balaban J connectivity index is 2.14. The Labute approximate surface area is 87.1 Å². The van der Waals surface area contributed by atoms with Crippen LogP contribution in [-0.2, 0) is 4.74 Å². The van der Waals surface area contributed by atoms with Crippen molar-refractivity contribution in [2.24, 2.45) is 0 Å². The highest BCUT2D eigenvalue weighted by atomic mass is 16.5.